The van der Waals surface area contributed by atoms with Gasteiger partial charge in [0.15, 0.2) is 5.82 Å². The highest BCUT2D eigenvalue weighted by molar-refractivity contribution is 6.30. The zero-order valence-corrected chi connectivity index (χ0v) is 13.9. The average molecular weight is 333 g/mol. The van der Waals surface area contributed by atoms with Crippen molar-refractivity contribution < 1.29 is 4.74 Å². The Labute approximate surface area is 141 Å². The number of hydrogen-bond donors (Lipinski definition) is 2. The number of ether oxygens (including phenoxy) is 1. The maximum atomic E-state index is 6.09. The Hall–Kier alpha value is -1.69. The van der Waals surface area contributed by atoms with Gasteiger partial charge < -0.3 is 15.4 Å². The molecule has 1 fully saturated rings. The molecule has 1 unspecified atom stereocenters. The van der Waals surface area contributed by atoms with Crippen LogP contribution < -0.4 is 10.6 Å². The Morgan fingerprint density at radius 3 is 3.00 bits per heavy atom. The van der Waals surface area contributed by atoms with Crippen LogP contribution in [0.1, 0.15) is 18.5 Å². The van der Waals surface area contributed by atoms with Crippen molar-refractivity contribution in [3.05, 3.63) is 41.0 Å². The first kappa shape index (κ1) is 16.2. The van der Waals surface area contributed by atoms with E-state index in [1.165, 1.54) is 6.42 Å². The van der Waals surface area contributed by atoms with Gasteiger partial charge >= 0.3 is 0 Å². The van der Waals surface area contributed by atoms with Gasteiger partial charge in [-0.2, -0.15) is 0 Å². The van der Waals surface area contributed by atoms with Crippen molar-refractivity contribution in [2.75, 3.05) is 25.5 Å². The lowest BCUT2D eigenvalue weighted by Gasteiger charge is -2.24. The third-order valence-electron chi connectivity index (χ3n) is 3.80. The smallest absolute Gasteiger partial charge is 0.161 e. The van der Waals surface area contributed by atoms with E-state index in [1.807, 2.05) is 30.3 Å². The lowest BCUT2D eigenvalue weighted by atomic mass is 10.1. The molecule has 0 radical (unpaired) electrons. The molecule has 1 saturated heterocycles. The third-order valence-corrected chi connectivity index (χ3v) is 4.04. The van der Waals surface area contributed by atoms with Crippen molar-refractivity contribution in [1.82, 2.24) is 15.3 Å². The van der Waals surface area contributed by atoms with E-state index >= 15 is 0 Å². The van der Waals surface area contributed by atoms with E-state index in [2.05, 4.69) is 20.6 Å². The molecular weight excluding hydrogens is 312 g/mol. The number of aromatic nitrogens is 2. The minimum absolute atomic E-state index is 0.390. The van der Waals surface area contributed by atoms with Crippen molar-refractivity contribution in [3.63, 3.8) is 0 Å². The molecule has 122 valence electrons. The molecule has 6 heteroatoms. The summed E-state index contributed by atoms with van der Waals surface area (Å²) in [6, 6.07) is 9.93. The first-order valence-electron chi connectivity index (χ1n) is 7.84. The molecule has 1 aromatic heterocycles. The molecule has 2 aromatic rings. The summed E-state index contributed by atoms with van der Waals surface area (Å²) in [5.74, 6) is 1.49. The molecule has 0 saturated carbocycles. The number of hydrogen-bond acceptors (Lipinski definition) is 5. The lowest BCUT2D eigenvalue weighted by Crippen LogP contribution is -2.38. The van der Waals surface area contributed by atoms with Crippen LogP contribution in [0.4, 0.5) is 5.82 Å². The number of halogens is 1. The maximum absolute atomic E-state index is 6.09. The molecule has 5 nitrogen and oxygen atoms in total. The van der Waals surface area contributed by atoms with Crippen LogP contribution in [-0.2, 0) is 11.3 Å². The van der Waals surface area contributed by atoms with E-state index in [1.54, 1.807) is 7.11 Å². The van der Waals surface area contributed by atoms with E-state index in [0.29, 0.717) is 23.5 Å². The van der Waals surface area contributed by atoms with Gasteiger partial charge in [-0.1, -0.05) is 23.7 Å². The second-order valence-corrected chi connectivity index (χ2v) is 6.14. The minimum Gasteiger partial charge on any atom is -0.378 e. The molecule has 1 atom stereocenters. The molecule has 23 heavy (non-hydrogen) atoms. The van der Waals surface area contributed by atoms with Crippen LogP contribution in [0.15, 0.2) is 30.3 Å². The Morgan fingerprint density at radius 1 is 1.35 bits per heavy atom. The summed E-state index contributed by atoms with van der Waals surface area (Å²) in [5.41, 5.74) is 1.75. The largest absolute Gasteiger partial charge is 0.378 e. The highest BCUT2D eigenvalue weighted by Gasteiger charge is 2.15. The van der Waals surface area contributed by atoms with Gasteiger partial charge in [-0.15, -0.1) is 0 Å². The van der Waals surface area contributed by atoms with Gasteiger partial charge in [-0.25, -0.2) is 9.97 Å². The Kier molecular flexibility index (Phi) is 5.43. The quantitative estimate of drug-likeness (QED) is 0.881. The van der Waals surface area contributed by atoms with Gasteiger partial charge in [-0.05, 0) is 31.5 Å². The predicted molar refractivity (Wildman–Crippen MR) is 92.7 cm³/mol. The van der Waals surface area contributed by atoms with Crippen molar-refractivity contribution in [3.8, 4) is 11.4 Å². The predicted octanol–water partition coefficient (Wildman–Crippen LogP) is 3.11. The van der Waals surface area contributed by atoms with E-state index in [9.17, 15) is 0 Å². The lowest BCUT2D eigenvalue weighted by molar-refractivity contribution is 0.181. The van der Waals surface area contributed by atoms with Crippen molar-refractivity contribution in [1.29, 1.82) is 0 Å². The van der Waals surface area contributed by atoms with Gasteiger partial charge in [0.2, 0.25) is 0 Å². The van der Waals surface area contributed by atoms with Crippen LogP contribution in [0.3, 0.4) is 0 Å². The van der Waals surface area contributed by atoms with Gasteiger partial charge in [0.1, 0.15) is 5.82 Å². The summed E-state index contributed by atoms with van der Waals surface area (Å²) < 4.78 is 5.23. The molecule has 1 aliphatic heterocycles. The fourth-order valence-electron chi connectivity index (χ4n) is 2.73. The SMILES string of the molecule is COCc1cc(NC2CCCNC2)nc(-c2cccc(Cl)c2)n1. The average Bonchev–Trinajstić information content (AvgIpc) is 2.56. The van der Waals surface area contributed by atoms with Gasteiger partial charge in [-0.3, -0.25) is 0 Å². The summed E-state index contributed by atoms with van der Waals surface area (Å²) in [5, 5.41) is 7.58. The van der Waals surface area contributed by atoms with Crippen LogP contribution in [0.25, 0.3) is 11.4 Å². The third kappa shape index (κ3) is 4.41. The monoisotopic (exact) mass is 332 g/mol. The van der Waals surface area contributed by atoms with Crippen molar-refractivity contribution in [2.24, 2.45) is 0 Å². The van der Waals surface area contributed by atoms with E-state index in [-0.39, 0.29) is 0 Å². The van der Waals surface area contributed by atoms with Crippen LogP contribution in [-0.4, -0.2) is 36.2 Å². The number of piperidine rings is 1. The van der Waals surface area contributed by atoms with E-state index in [0.717, 1.165) is 36.6 Å². The van der Waals surface area contributed by atoms with Gasteiger partial charge in [0.25, 0.3) is 0 Å². The van der Waals surface area contributed by atoms with Gasteiger partial charge in [0, 0.05) is 36.3 Å². The summed E-state index contributed by atoms with van der Waals surface area (Å²) in [6.07, 6.45) is 2.32. The number of rotatable bonds is 5. The standard InChI is InChI=1S/C17H21ClN4O/c1-23-11-15-9-16(20-14-6-3-7-19-10-14)22-17(21-15)12-4-2-5-13(18)8-12/h2,4-5,8-9,14,19H,3,6-7,10-11H2,1H3,(H,20,21,22). The Balaban J connectivity index is 1.89. The second-order valence-electron chi connectivity index (χ2n) is 5.70. The highest BCUT2D eigenvalue weighted by Crippen LogP contribution is 2.22. The maximum Gasteiger partial charge on any atom is 0.161 e. The van der Waals surface area contributed by atoms with E-state index in [4.69, 9.17) is 16.3 Å². The molecule has 1 aliphatic rings. The molecule has 3 rings (SSSR count). The van der Waals surface area contributed by atoms with Crippen LogP contribution in [0.2, 0.25) is 5.02 Å². The van der Waals surface area contributed by atoms with Gasteiger partial charge in [0.05, 0.1) is 12.3 Å². The second kappa shape index (κ2) is 7.73. The molecular formula is C17H21ClN4O. The number of nitrogens with zero attached hydrogens (tertiary/aromatic N) is 2. The highest BCUT2D eigenvalue weighted by atomic mass is 35.5. The fraction of sp³-hybridized carbons (Fsp3) is 0.412. The van der Waals surface area contributed by atoms with Crippen LogP contribution >= 0.6 is 11.6 Å². The fourth-order valence-corrected chi connectivity index (χ4v) is 2.92. The number of benzene rings is 1. The summed E-state index contributed by atoms with van der Waals surface area (Å²) in [7, 11) is 1.67. The van der Waals surface area contributed by atoms with E-state index < -0.39 is 0 Å². The minimum atomic E-state index is 0.390. The molecule has 0 amide bonds. The molecule has 0 aliphatic carbocycles. The summed E-state index contributed by atoms with van der Waals surface area (Å²) in [6.45, 7) is 2.49. The molecule has 0 bridgehead atoms. The van der Waals surface area contributed by atoms with Crippen molar-refractivity contribution in [2.45, 2.75) is 25.5 Å². The molecule has 2 heterocycles. The molecule has 2 N–H and O–H groups in total. The summed E-state index contributed by atoms with van der Waals surface area (Å²) in [4.78, 5) is 9.23. The number of anilines is 1. The Bertz CT molecular complexity index is 659. The number of methoxy groups -OCH3 is 1. The normalized spacial score (nSPS) is 17.9. The van der Waals surface area contributed by atoms with Crippen molar-refractivity contribution >= 4 is 17.4 Å². The Morgan fingerprint density at radius 2 is 2.26 bits per heavy atom. The zero-order chi connectivity index (χ0) is 16.1. The van der Waals surface area contributed by atoms with Crippen LogP contribution in [0.5, 0.6) is 0 Å². The number of nitrogens with one attached hydrogen (secondary N) is 2. The molecule has 1 aromatic carbocycles. The molecule has 0 spiro atoms. The first-order valence-corrected chi connectivity index (χ1v) is 8.22. The first-order chi connectivity index (χ1) is 11.2. The van der Waals surface area contributed by atoms with Crippen LogP contribution in [0, 0.1) is 0 Å². The topological polar surface area (TPSA) is 59.1 Å². The zero-order valence-electron chi connectivity index (χ0n) is 13.2. The summed E-state index contributed by atoms with van der Waals surface area (Å²) >= 11 is 6.09.